The molecular formula is C20H31N2O2+. The van der Waals surface area contributed by atoms with Gasteiger partial charge in [-0.15, -0.1) is 0 Å². The topological polar surface area (TPSA) is 34.0 Å². The summed E-state index contributed by atoms with van der Waals surface area (Å²) >= 11 is 0. The lowest BCUT2D eigenvalue weighted by Crippen LogP contribution is -3.18. The van der Waals surface area contributed by atoms with Crippen molar-refractivity contribution in [3.8, 4) is 5.75 Å². The Hall–Kier alpha value is -1.55. The van der Waals surface area contributed by atoms with Gasteiger partial charge >= 0.3 is 0 Å². The van der Waals surface area contributed by atoms with Gasteiger partial charge in [-0.05, 0) is 43.4 Å². The van der Waals surface area contributed by atoms with Crippen molar-refractivity contribution >= 4 is 5.91 Å². The van der Waals surface area contributed by atoms with Gasteiger partial charge in [-0.1, -0.05) is 25.5 Å². The van der Waals surface area contributed by atoms with Crippen LogP contribution < -0.4 is 9.64 Å². The normalized spacial score (nSPS) is 25.5. The molecule has 0 spiro atoms. The maximum atomic E-state index is 12.4. The molecular weight excluding hydrogens is 300 g/mol. The molecule has 3 rings (SSSR count). The molecule has 0 bridgehead atoms. The summed E-state index contributed by atoms with van der Waals surface area (Å²) in [6.07, 6.45) is 5.50. The van der Waals surface area contributed by atoms with Gasteiger partial charge in [0, 0.05) is 6.42 Å². The molecule has 1 heterocycles. The van der Waals surface area contributed by atoms with Crippen LogP contribution in [0.5, 0.6) is 5.75 Å². The van der Waals surface area contributed by atoms with Crippen LogP contribution in [0, 0.1) is 12.8 Å². The molecule has 132 valence electrons. The lowest BCUT2D eigenvalue weighted by atomic mass is 9.86. The minimum Gasteiger partial charge on any atom is -0.484 e. The first-order valence-electron chi connectivity index (χ1n) is 9.43. The molecule has 4 heteroatoms. The van der Waals surface area contributed by atoms with E-state index in [0.717, 1.165) is 49.5 Å². The van der Waals surface area contributed by atoms with E-state index >= 15 is 0 Å². The second kappa shape index (κ2) is 8.02. The van der Waals surface area contributed by atoms with E-state index in [-0.39, 0.29) is 12.5 Å². The summed E-state index contributed by atoms with van der Waals surface area (Å²) in [5.41, 5.74) is 1.15. The maximum absolute atomic E-state index is 12.4. The van der Waals surface area contributed by atoms with E-state index < -0.39 is 0 Å². The van der Waals surface area contributed by atoms with Crippen LogP contribution in [-0.2, 0) is 4.79 Å². The van der Waals surface area contributed by atoms with E-state index in [9.17, 15) is 4.79 Å². The van der Waals surface area contributed by atoms with Gasteiger partial charge in [0.2, 0.25) is 0 Å². The van der Waals surface area contributed by atoms with E-state index in [4.69, 9.17) is 4.74 Å². The smallest absolute Gasteiger partial charge is 0.260 e. The number of hydrogen-bond acceptors (Lipinski definition) is 2. The van der Waals surface area contributed by atoms with Gasteiger partial charge in [-0.2, -0.15) is 0 Å². The van der Waals surface area contributed by atoms with Gasteiger partial charge in [0.25, 0.3) is 5.91 Å². The van der Waals surface area contributed by atoms with E-state index in [1.54, 1.807) is 4.90 Å². The lowest BCUT2D eigenvalue weighted by Gasteiger charge is -2.39. The SMILES string of the molecule is Cc1cccc(OCC(=O)N2CC[NH+]([C@H]3CCC[C@H](C)C3)CC2)c1. The third-order valence-corrected chi connectivity index (χ3v) is 5.62. The number of carbonyl (C=O) groups excluding carboxylic acids is 1. The third kappa shape index (κ3) is 4.50. The van der Waals surface area contributed by atoms with Crippen molar-refractivity contribution in [3.63, 3.8) is 0 Å². The molecule has 0 aromatic heterocycles. The summed E-state index contributed by atoms with van der Waals surface area (Å²) in [4.78, 5) is 16.1. The number of nitrogens with zero attached hydrogens (tertiary/aromatic N) is 1. The van der Waals surface area contributed by atoms with Crippen LogP contribution in [0.15, 0.2) is 24.3 Å². The van der Waals surface area contributed by atoms with Gasteiger partial charge in [0.1, 0.15) is 5.75 Å². The average Bonchev–Trinajstić information content (AvgIpc) is 2.60. The Morgan fingerprint density at radius 2 is 2.08 bits per heavy atom. The fraction of sp³-hybridized carbons (Fsp3) is 0.650. The molecule has 0 radical (unpaired) electrons. The van der Waals surface area contributed by atoms with Crippen molar-refractivity contribution in [3.05, 3.63) is 29.8 Å². The van der Waals surface area contributed by atoms with Crippen LogP contribution in [0.1, 0.15) is 38.2 Å². The minimum atomic E-state index is 0.118. The number of aryl methyl sites for hydroxylation is 1. The third-order valence-electron chi connectivity index (χ3n) is 5.62. The molecule has 4 nitrogen and oxygen atoms in total. The summed E-state index contributed by atoms with van der Waals surface area (Å²) in [6, 6.07) is 8.69. The predicted molar refractivity (Wildman–Crippen MR) is 95.4 cm³/mol. The van der Waals surface area contributed by atoms with Crippen LogP contribution in [-0.4, -0.2) is 49.6 Å². The Balaban J connectivity index is 1.43. The summed E-state index contributed by atoms with van der Waals surface area (Å²) < 4.78 is 5.66. The average molecular weight is 331 g/mol. The zero-order valence-electron chi connectivity index (χ0n) is 15.1. The van der Waals surface area contributed by atoms with E-state index in [1.807, 2.05) is 36.1 Å². The van der Waals surface area contributed by atoms with E-state index in [0.29, 0.717) is 0 Å². The highest BCUT2D eigenvalue weighted by Gasteiger charge is 2.31. The van der Waals surface area contributed by atoms with Crippen molar-refractivity contribution in [1.82, 2.24) is 4.90 Å². The molecule has 1 aromatic rings. The van der Waals surface area contributed by atoms with Crippen molar-refractivity contribution < 1.29 is 14.4 Å². The standard InChI is InChI=1S/C20H30N2O2/c1-16-5-3-7-18(13-16)21-9-11-22(12-10-21)20(23)15-24-19-8-4-6-17(2)14-19/h4,6,8,14,16,18H,3,5,7,9-13,15H2,1-2H3/p+1/t16-,18-/m0/s1. The van der Waals surface area contributed by atoms with Crippen LogP contribution >= 0.6 is 0 Å². The first kappa shape index (κ1) is 17.3. The molecule has 0 unspecified atom stereocenters. The Bertz CT molecular complexity index is 552. The molecule has 2 aliphatic rings. The number of rotatable bonds is 4. The van der Waals surface area contributed by atoms with E-state index in [2.05, 4.69) is 6.92 Å². The second-order valence-electron chi connectivity index (χ2n) is 7.61. The van der Waals surface area contributed by atoms with Crippen LogP contribution in [0.4, 0.5) is 0 Å². The van der Waals surface area contributed by atoms with Crippen molar-refractivity contribution in [2.24, 2.45) is 5.92 Å². The molecule has 1 amide bonds. The highest BCUT2D eigenvalue weighted by atomic mass is 16.5. The first-order chi connectivity index (χ1) is 11.6. The second-order valence-corrected chi connectivity index (χ2v) is 7.61. The van der Waals surface area contributed by atoms with Crippen LogP contribution in [0.3, 0.4) is 0 Å². The number of piperazine rings is 1. The fourth-order valence-corrected chi connectivity index (χ4v) is 4.20. The largest absolute Gasteiger partial charge is 0.484 e. The number of quaternary nitrogens is 1. The Morgan fingerprint density at radius 3 is 2.79 bits per heavy atom. The monoisotopic (exact) mass is 331 g/mol. The molecule has 1 N–H and O–H groups in total. The van der Waals surface area contributed by atoms with Gasteiger partial charge in [-0.3, -0.25) is 4.79 Å². The van der Waals surface area contributed by atoms with Gasteiger partial charge in [0.05, 0.1) is 32.2 Å². The Labute approximate surface area is 145 Å². The molecule has 1 aliphatic carbocycles. The lowest BCUT2D eigenvalue weighted by molar-refractivity contribution is -0.930. The summed E-state index contributed by atoms with van der Waals surface area (Å²) in [7, 11) is 0. The summed E-state index contributed by atoms with van der Waals surface area (Å²) in [5.74, 6) is 1.77. The minimum absolute atomic E-state index is 0.118. The zero-order valence-corrected chi connectivity index (χ0v) is 15.1. The number of carbonyl (C=O) groups is 1. The highest BCUT2D eigenvalue weighted by Crippen LogP contribution is 2.22. The zero-order chi connectivity index (χ0) is 16.9. The highest BCUT2D eigenvalue weighted by molar-refractivity contribution is 5.77. The molecule has 2 atom stereocenters. The molecule has 2 fully saturated rings. The summed E-state index contributed by atoms with van der Waals surface area (Å²) in [5, 5.41) is 0. The molecule has 24 heavy (non-hydrogen) atoms. The Morgan fingerprint density at radius 1 is 1.29 bits per heavy atom. The molecule has 1 saturated carbocycles. The number of amides is 1. The fourth-order valence-electron chi connectivity index (χ4n) is 4.20. The van der Waals surface area contributed by atoms with Crippen molar-refractivity contribution in [2.75, 3.05) is 32.8 Å². The van der Waals surface area contributed by atoms with Crippen LogP contribution in [0.25, 0.3) is 0 Å². The quantitative estimate of drug-likeness (QED) is 0.911. The van der Waals surface area contributed by atoms with Gasteiger partial charge < -0.3 is 14.5 Å². The van der Waals surface area contributed by atoms with Gasteiger partial charge in [0.15, 0.2) is 6.61 Å². The summed E-state index contributed by atoms with van der Waals surface area (Å²) in [6.45, 7) is 8.49. The van der Waals surface area contributed by atoms with Crippen LogP contribution in [0.2, 0.25) is 0 Å². The maximum Gasteiger partial charge on any atom is 0.260 e. The number of benzene rings is 1. The molecule has 1 aromatic carbocycles. The molecule has 1 saturated heterocycles. The Kier molecular flexibility index (Phi) is 5.77. The molecule has 1 aliphatic heterocycles. The van der Waals surface area contributed by atoms with E-state index in [1.165, 1.54) is 25.7 Å². The number of nitrogens with one attached hydrogen (secondary N) is 1. The predicted octanol–water partition coefficient (Wildman–Crippen LogP) is 1.68. The number of ether oxygens (including phenoxy) is 1. The van der Waals surface area contributed by atoms with Gasteiger partial charge in [-0.25, -0.2) is 0 Å². The van der Waals surface area contributed by atoms with Crippen molar-refractivity contribution in [2.45, 2.75) is 45.6 Å². The first-order valence-corrected chi connectivity index (χ1v) is 9.43. The van der Waals surface area contributed by atoms with Crippen molar-refractivity contribution in [1.29, 1.82) is 0 Å². The number of hydrogen-bond donors (Lipinski definition) is 1.